The highest BCUT2D eigenvalue weighted by Crippen LogP contribution is 2.44. The van der Waals surface area contributed by atoms with Crippen molar-refractivity contribution < 1.29 is 18.0 Å². The van der Waals surface area contributed by atoms with E-state index in [2.05, 4.69) is 15.7 Å². The van der Waals surface area contributed by atoms with Gasteiger partial charge in [0, 0.05) is 18.5 Å². The Bertz CT molecular complexity index is 941. The SMILES string of the molecule is O=C(NC1CCCCC1)c1cc2n(n1)[C@H](C(F)(F)F)C[C@@H](c1ccc(Cl)c(Cl)c1)N2. The summed E-state index contributed by atoms with van der Waals surface area (Å²) in [6.07, 6.45) is 0.165. The number of nitrogens with one attached hydrogen (secondary N) is 2. The van der Waals surface area contributed by atoms with Gasteiger partial charge < -0.3 is 10.6 Å². The molecule has 2 aliphatic rings. The molecule has 1 amide bonds. The van der Waals surface area contributed by atoms with Crippen LogP contribution in [0.3, 0.4) is 0 Å². The van der Waals surface area contributed by atoms with Crippen LogP contribution in [0.15, 0.2) is 24.3 Å². The second-order valence-corrected chi connectivity index (χ2v) is 8.65. The zero-order valence-corrected chi connectivity index (χ0v) is 17.5. The number of aromatic nitrogens is 2. The van der Waals surface area contributed by atoms with Crippen molar-refractivity contribution in [3.63, 3.8) is 0 Å². The first-order valence-corrected chi connectivity index (χ1v) is 10.7. The van der Waals surface area contributed by atoms with Gasteiger partial charge in [-0.05, 0) is 30.5 Å². The maximum absolute atomic E-state index is 13.8. The number of halogens is 5. The maximum Gasteiger partial charge on any atom is 0.410 e. The molecule has 1 aliphatic heterocycles. The Labute approximate surface area is 181 Å². The fourth-order valence-electron chi connectivity index (χ4n) is 4.14. The third kappa shape index (κ3) is 4.39. The van der Waals surface area contributed by atoms with Crippen molar-refractivity contribution in [2.45, 2.75) is 62.8 Å². The molecule has 1 aromatic heterocycles. The van der Waals surface area contributed by atoms with Crippen LogP contribution in [0, 0.1) is 0 Å². The normalized spacial score (nSPS) is 22.3. The topological polar surface area (TPSA) is 59.0 Å². The number of hydrogen-bond donors (Lipinski definition) is 2. The fourth-order valence-corrected chi connectivity index (χ4v) is 4.44. The Hall–Kier alpha value is -1.93. The van der Waals surface area contributed by atoms with Gasteiger partial charge in [-0.3, -0.25) is 4.79 Å². The molecule has 5 nitrogen and oxygen atoms in total. The summed E-state index contributed by atoms with van der Waals surface area (Å²) in [6, 6.07) is 3.66. The summed E-state index contributed by atoms with van der Waals surface area (Å²) in [5.41, 5.74) is 0.561. The molecule has 2 N–H and O–H groups in total. The van der Waals surface area contributed by atoms with Gasteiger partial charge in [-0.2, -0.15) is 18.3 Å². The number of carbonyl (C=O) groups is 1. The summed E-state index contributed by atoms with van der Waals surface area (Å²) in [6.45, 7) is 0. The Kier molecular flexibility index (Phi) is 5.90. The molecule has 2 atom stereocenters. The van der Waals surface area contributed by atoms with Gasteiger partial charge in [-0.15, -0.1) is 0 Å². The molecular weight excluding hydrogens is 440 g/mol. The standard InChI is InChI=1S/C20H21Cl2F3N4O/c21-13-7-6-11(8-14(13)22)15-9-17(20(23,24)25)29-18(27-15)10-16(28-29)19(30)26-12-4-2-1-3-5-12/h6-8,10,12,15,17,27H,1-5,9H2,(H,26,30)/t15-,17-/m0/s1. The zero-order valence-electron chi connectivity index (χ0n) is 16.0. The lowest BCUT2D eigenvalue weighted by Gasteiger charge is -2.33. The molecule has 1 aliphatic carbocycles. The molecule has 1 fully saturated rings. The summed E-state index contributed by atoms with van der Waals surface area (Å²) in [5, 5.41) is 10.6. The van der Waals surface area contributed by atoms with E-state index in [1.165, 1.54) is 6.07 Å². The molecule has 30 heavy (non-hydrogen) atoms. The van der Waals surface area contributed by atoms with Crippen molar-refractivity contribution >= 4 is 34.9 Å². The predicted molar refractivity (Wildman–Crippen MR) is 109 cm³/mol. The quantitative estimate of drug-likeness (QED) is 0.598. The van der Waals surface area contributed by atoms with Crippen LogP contribution in [-0.4, -0.2) is 27.9 Å². The molecule has 0 bridgehead atoms. The number of fused-ring (bicyclic) bond motifs is 1. The molecule has 0 radical (unpaired) electrons. The van der Waals surface area contributed by atoms with E-state index in [9.17, 15) is 18.0 Å². The van der Waals surface area contributed by atoms with Gasteiger partial charge in [0.1, 0.15) is 5.82 Å². The van der Waals surface area contributed by atoms with Crippen molar-refractivity contribution in [2.24, 2.45) is 0 Å². The highest BCUT2D eigenvalue weighted by molar-refractivity contribution is 6.42. The summed E-state index contributed by atoms with van der Waals surface area (Å²) in [5.74, 6) is -0.300. The number of carbonyl (C=O) groups excluding carboxylic acids is 1. The molecular formula is C20H21Cl2F3N4O. The van der Waals surface area contributed by atoms with Gasteiger partial charge in [0.15, 0.2) is 11.7 Å². The smallest absolute Gasteiger partial charge is 0.363 e. The highest BCUT2D eigenvalue weighted by atomic mass is 35.5. The molecule has 2 heterocycles. The van der Waals surface area contributed by atoms with Crippen LogP contribution in [0.25, 0.3) is 0 Å². The van der Waals surface area contributed by atoms with Crippen molar-refractivity contribution in [1.29, 1.82) is 0 Å². The molecule has 4 rings (SSSR count). The van der Waals surface area contributed by atoms with E-state index in [1.54, 1.807) is 18.2 Å². The first-order valence-electron chi connectivity index (χ1n) is 9.91. The van der Waals surface area contributed by atoms with E-state index in [4.69, 9.17) is 23.2 Å². The van der Waals surface area contributed by atoms with E-state index in [0.29, 0.717) is 10.6 Å². The summed E-state index contributed by atoms with van der Waals surface area (Å²) in [4.78, 5) is 12.6. The third-order valence-electron chi connectivity index (χ3n) is 5.71. The van der Waals surface area contributed by atoms with Crippen molar-refractivity contribution in [3.8, 4) is 0 Å². The summed E-state index contributed by atoms with van der Waals surface area (Å²) in [7, 11) is 0. The van der Waals surface area contributed by atoms with Crippen LogP contribution >= 0.6 is 23.2 Å². The van der Waals surface area contributed by atoms with Crippen LogP contribution in [-0.2, 0) is 0 Å². The number of hydrogen-bond acceptors (Lipinski definition) is 3. The number of rotatable bonds is 3. The summed E-state index contributed by atoms with van der Waals surface area (Å²) < 4.78 is 42.3. The van der Waals surface area contributed by atoms with Crippen molar-refractivity contribution in [3.05, 3.63) is 45.6 Å². The first-order chi connectivity index (χ1) is 14.2. The lowest BCUT2D eigenvalue weighted by molar-refractivity contribution is -0.173. The Morgan fingerprint density at radius 1 is 1.13 bits per heavy atom. The monoisotopic (exact) mass is 460 g/mol. The van der Waals surface area contributed by atoms with Crippen molar-refractivity contribution in [2.75, 3.05) is 5.32 Å². The van der Waals surface area contributed by atoms with E-state index in [0.717, 1.165) is 36.8 Å². The van der Waals surface area contributed by atoms with Gasteiger partial charge in [-0.1, -0.05) is 48.5 Å². The lowest BCUT2D eigenvalue weighted by atomic mass is 9.95. The molecule has 2 aromatic rings. The lowest BCUT2D eigenvalue weighted by Crippen LogP contribution is -2.37. The van der Waals surface area contributed by atoms with Crippen molar-refractivity contribution in [1.82, 2.24) is 15.1 Å². The van der Waals surface area contributed by atoms with Crippen LogP contribution in [0.4, 0.5) is 19.0 Å². The second-order valence-electron chi connectivity index (χ2n) is 7.83. The Morgan fingerprint density at radius 3 is 2.53 bits per heavy atom. The van der Waals surface area contributed by atoms with Gasteiger partial charge in [-0.25, -0.2) is 4.68 Å². The third-order valence-corrected chi connectivity index (χ3v) is 6.45. The predicted octanol–water partition coefficient (Wildman–Crippen LogP) is 5.91. The maximum atomic E-state index is 13.8. The molecule has 0 saturated heterocycles. The average Bonchev–Trinajstić information content (AvgIpc) is 3.13. The number of amides is 1. The van der Waals surface area contributed by atoms with Crippen LogP contribution < -0.4 is 10.6 Å². The fraction of sp³-hybridized carbons (Fsp3) is 0.500. The highest BCUT2D eigenvalue weighted by Gasteiger charge is 2.47. The minimum Gasteiger partial charge on any atom is -0.363 e. The van der Waals surface area contributed by atoms with Gasteiger partial charge >= 0.3 is 6.18 Å². The number of alkyl halides is 3. The van der Waals surface area contributed by atoms with Gasteiger partial charge in [0.2, 0.25) is 0 Å². The molecule has 10 heteroatoms. The van der Waals surface area contributed by atoms with E-state index in [-0.39, 0.29) is 29.0 Å². The van der Waals surface area contributed by atoms with Gasteiger partial charge in [0.05, 0.1) is 16.1 Å². The molecule has 1 saturated carbocycles. The zero-order chi connectivity index (χ0) is 21.5. The first kappa shape index (κ1) is 21.3. The Balaban J connectivity index is 1.61. The number of anilines is 1. The largest absolute Gasteiger partial charge is 0.410 e. The average molecular weight is 461 g/mol. The Morgan fingerprint density at radius 2 is 1.87 bits per heavy atom. The minimum absolute atomic E-state index is 0.0212. The minimum atomic E-state index is -4.52. The van der Waals surface area contributed by atoms with E-state index < -0.39 is 24.2 Å². The van der Waals surface area contributed by atoms with E-state index >= 15 is 0 Å². The number of benzene rings is 1. The molecule has 1 aromatic carbocycles. The van der Waals surface area contributed by atoms with E-state index in [1.807, 2.05) is 0 Å². The summed E-state index contributed by atoms with van der Waals surface area (Å²) >= 11 is 12.0. The van der Waals surface area contributed by atoms with Gasteiger partial charge in [0.25, 0.3) is 5.91 Å². The molecule has 0 spiro atoms. The molecule has 162 valence electrons. The second kappa shape index (κ2) is 8.30. The van der Waals surface area contributed by atoms with Crippen LogP contribution in [0.1, 0.15) is 66.7 Å². The molecule has 0 unspecified atom stereocenters. The van der Waals surface area contributed by atoms with Crippen LogP contribution in [0.5, 0.6) is 0 Å². The van der Waals surface area contributed by atoms with Crippen LogP contribution in [0.2, 0.25) is 10.0 Å². The number of nitrogens with zero attached hydrogens (tertiary/aromatic N) is 2.